The lowest BCUT2D eigenvalue weighted by atomic mass is 9.87. The number of methoxy groups -OCH3 is 1. The molecule has 0 aromatic heterocycles. The number of amides is 2. The Labute approximate surface area is 144 Å². The van der Waals surface area contributed by atoms with Crippen LogP contribution in [0.3, 0.4) is 0 Å². The lowest BCUT2D eigenvalue weighted by molar-refractivity contribution is 0.0247. The zero-order chi connectivity index (χ0) is 16.8. The molecule has 2 heterocycles. The molecule has 3 rings (SSSR count). The van der Waals surface area contributed by atoms with E-state index in [9.17, 15) is 4.79 Å². The van der Waals surface area contributed by atoms with E-state index in [1.54, 1.807) is 7.11 Å². The van der Waals surface area contributed by atoms with E-state index in [0.29, 0.717) is 5.92 Å². The largest absolute Gasteiger partial charge is 0.381 e. The van der Waals surface area contributed by atoms with E-state index < -0.39 is 0 Å². The topological polar surface area (TPSA) is 50.8 Å². The second-order valence-electron chi connectivity index (χ2n) is 6.73. The molecule has 2 aliphatic rings. The third-order valence-electron chi connectivity index (χ3n) is 5.19. The number of nitrogens with one attached hydrogen (secondary N) is 1. The molecule has 1 atom stereocenters. The molecular formula is C19H28N2O3. The van der Waals surface area contributed by atoms with Crippen molar-refractivity contribution in [1.29, 1.82) is 0 Å². The Bertz CT molecular complexity index is 509. The Kier molecular flexibility index (Phi) is 6.10. The molecule has 0 radical (unpaired) electrons. The third-order valence-corrected chi connectivity index (χ3v) is 5.19. The summed E-state index contributed by atoms with van der Waals surface area (Å²) in [7, 11) is 1.78. The van der Waals surface area contributed by atoms with Crippen molar-refractivity contribution < 1.29 is 14.3 Å². The standard InChI is InChI=1S/C19H28N2O3/c1-23-18(15-5-3-2-4-6-15)16-7-11-21(12-8-16)19(22)20-17-9-13-24-14-10-17/h2-6,16-18H,7-14H2,1H3,(H,20,22). The van der Waals surface area contributed by atoms with Crippen molar-refractivity contribution in [3.8, 4) is 0 Å². The summed E-state index contributed by atoms with van der Waals surface area (Å²) in [6.07, 6.45) is 3.92. The van der Waals surface area contributed by atoms with Crippen LogP contribution in [0.15, 0.2) is 30.3 Å². The first-order chi connectivity index (χ1) is 11.8. The zero-order valence-electron chi connectivity index (χ0n) is 14.4. The second-order valence-corrected chi connectivity index (χ2v) is 6.73. The maximum atomic E-state index is 12.4. The monoisotopic (exact) mass is 332 g/mol. The predicted octanol–water partition coefficient (Wildman–Crippen LogP) is 2.97. The van der Waals surface area contributed by atoms with Crippen LogP contribution in [0.5, 0.6) is 0 Å². The summed E-state index contributed by atoms with van der Waals surface area (Å²) in [4.78, 5) is 14.4. The summed E-state index contributed by atoms with van der Waals surface area (Å²) in [5.74, 6) is 0.463. The number of benzene rings is 1. The van der Waals surface area contributed by atoms with Gasteiger partial charge < -0.3 is 19.7 Å². The highest BCUT2D eigenvalue weighted by molar-refractivity contribution is 5.74. The molecule has 2 saturated heterocycles. The van der Waals surface area contributed by atoms with Crippen LogP contribution in [0, 0.1) is 5.92 Å². The number of hydrogen-bond acceptors (Lipinski definition) is 3. The average molecular weight is 332 g/mol. The number of nitrogens with zero attached hydrogens (tertiary/aromatic N) is 1. The summed E-state index contributed by atoms with van der Waals surface area (Å²) < 4.78 is 11.1. The molecule has 1 aromatic rings. The Balaban J connectivity index is 1.50. The zero-order valence-corrected chi connectivity index (χ0v) is 14.4. The highest BCUT2D eigenvalue weighted by atomic mass is 16.5. The van der Waals surface area contributed by atoms with Gasteiger partial charge >= 0.3 is 6.03 Å². The highest BCUT2D eigenvalue weighted by Crippen LogP contribution is 2.33. The van der Waals surface area contributed by atoms with E-state index in [4.69, 9.17) is 9.47 Å². The third kappa shape index (κ3) is 4.28. The lowest BCUT2D eigenvalue weighted by Crippen LogP contribution is -2.49. The minimum Gasteiger partial charge on any atom is -0.381 e. The predicted molar refractivity (Wildman–Crippen MR) is 92.9 cm³/mol. The number of carbonyl (C=O) groups is 1. The number of likely N-dealkylation sites (tertiary alicyclic amines) is 1. The lowest BCUT2D eigenvalue weighted by Gasteiger charge is -2.36. The molecule has 2 aliphatic heterocycles. The fourth-order valence-corrected chi connectivity index (χ4v) is 3.76. The van der Waals surface area contributed by atoms with Gasteiger partial charge in [-0.15, -0.1) is 0 Å². The summed E-state index contributed by atoms with van der Waals surface area (Å²) >= 11 is 0. The first kappa shape index (κ1) is 17.2. The normalized spacial score (nSPS) is 21.5. The Morgan fingerprint density at radius 3 is 2.46 bits per heavy atom. The molecule has 0 spiro atoms. The molecule has 24 heavy (non-hydrogen) atoms. The van der Waals surface area contributed by atoms with Crippen LogP contribution < -0.4 is 5.32 Å². The molecule has 0 bridgehead atoms. The molecule has 5 nitrogen and oxygen atoms in total. The fraction of sp³-hybridized carbons (Fsp3) is 0.632. The van der Waals surface area contributed by atoms with Crippen molar-refractivity contribution in [2.45, 2.75) is 37.8 Å². The van der Waals surface area contributed by atoms with Gasteiger partial charge in [0.05, 0.1) is 6.10 Å². The maximum Gasteiger partial charge on any atom is 0.317 e. The van der Waals surface area contributed by atoms with Crippen molar-refractivity contribution >= 4 is 6.03 Å². The highest BCUT2D eigenvalue weighted by Gasteiger charge is 2.30. The molecule has 5 heteroatoms. The van der Waals surface area contributed by atoms with Gasteiger partial charge in [-0.2, -0.15) is 0 Å². The van der Waals surface area contributed by atoms with Gasteiger partial charge in [0, 0.05) is 39.5 Å². The molecule has 1 N–H and O–H groups in total. The maximum absolute atomic E-state index is 12.4. The average Bonchev–Trinajstić information content (AvgIpc) is 2.65. The molecule has 1 aromatic carbocycles. The van der Waals surface area contributed by atoms with Gasteiger partial charge in [0.1, 0.15) is 0 Å². The quantitative estimate of drug-likeness (QED) is 0.922. The molecule has 0 saturated carbocycles. The van der Waals surface area contributed by atoms with Crippen LogP contribution in [-0.2, 0) is 9.47 Å². The van der Waals surface area contributed by atoms with E-state index in [2.05, 4.69) is 29.6 Å². The van der Waals surface area contributed by atoms with Crippen LogP contribution in [-0.4, -0.2) is 50.4 Å². The minimum atomic E-state index is 0.0778. The van der Waals surface area contributed by atoms with Gasteiger partial charge in [0.25, 0.3) is 0 Å². The first-order valence-electron chi connectivity index (χ1n) is 8.99. The van der Waals surface area contributed by atoms with Crippen molar-refractivity contribution in [2.75, 3.05) is 33.4 Å². The van der Waals surface area contributed by atoms with Crippen LogP contribution in [0.25, 0.3) is 0 Å². The van der Waals surface area contributed by atoms with Crippen molar-refractivity contribution in [2.24, 2.45) is 5.92 Å². The van der Waals surface area contributed by atoms with Crippen LogP contribution >= 0.6 is 0 Å². The van der Waals surface area contributed by atoms with Crippen molar-refractivity contribution in [3.63, 3.8) is 0 Å². The minimum absolute atomic E-state index is 0.0778. The van der Waals surface area contributed by atoms with E-state index >= 15 is 0 Å². The SMILES string of the molecule is COC(c1ccccc1)C1CCN(C(=O)NC2CCOCC2)CC1. The molecule has 2 fully saturated rings. The van der Waals surface area contributed by atoms with Gasteiger partial charge in [-0.25, -0.2) is 4.79 Å². The molecule has 1 unspecified atom stereocenters. The fourth-order valence-electron chi connectivity index (χ4n) is 3.76. The van der Waals surface area contributed by atoms with E-state index in [0.717, 1.165) is 52.0 Å². The number of urea groups is 1. The molecule has 0 aliphatic carbocycles. The van der Waals surface area contributed by atoms with Gasteiger partial charge in [0.15, 0.2) is 0 Å². The Hall–Kier alpha value is -1.59. The molecular weight excluding hydrogens is 304 g/mol. The Morgan fingerprint density at radius 1 is 1.17 bits per heavy atom. The number of piperidine rings is 1. The summed E-state index contributed by atoms with van der Waals surface area (Å²) in [6.45, 7) is 3.10. The summed E-state index contributed by atoms with van der Waals surface area (Å²) in [5.41, 5.74) is 1.23. The number of hydrogen-bond donors (Lipinski definition) is 1. The Morgan fingerprint density at radius 2 is 1.83 bits per heavy atom. The number of ether oxygens (including phenoxy) is 2. The molecule has 132 valence electrons. The summed E-state index contributed by atoms with van der Waals surface area (Å²) in [6, 6.07) is 10.7. The van der Waals surface area contributed by atoms with Crippen molar-refractivity contribution in [1.82, 2.24) is 10.2 Å². The van der Waals surface area contributed by atoms with Gasteiger partial charge in [-0.05, 0) is 37.2 Å². The van der Waals surface area contributed by atoms with Crippen LogP contribution in [0.1, 0.15) is 37.4 Å². The van der Waals surface area contributed by atoms with Gasteiger partial charge in [-0.1, -0.05) is 30.3 Å². The smallest absolute Gasteiger partial charge is 0.317 e. The van der Waals surface area contributed by atoms with Crippen LogP contribution in [0.2, 0.25) is 0 Å². The number of carbonyl (C=O) groups excluding carboxylic acids is 1. The second kappa shape index (κ2) is 8.49. The van der Waals surface area contributed by atoms with Gasteiger partial charge in [0.2, 0.25) is 0 Å². The molecule has 2 amide bonds. The summed E-state index contributed by atoms with van der Waals surface area (Å²) in [5, 5.41) is 3.15. The van der Waals surface area contributed by atoms with Gasteiger partial charge in [-0.3, -0.25) is 0 Å². The van der Waals surface area contributed by atoms with Crippen molar-refractivity contribution in [3.05, 3.63) is 35.9 Å². The first-order valence-corrected chi connectivity index (χ1v) is 8.99. The van der Waals surface area contributed by atoms with E-state index in [-0.39, 0.29) is 18.2 Å². The van der Waals surface area contributed by atoms with E-state index in [1.807, 2.05) is 11.0 Å². The van der Waals surface area contributed by atoms with E-state index in [1.165, 1.54) is 5.56 Å². The number of rotatable bonds is 4. The van der Waals surface area contributed by atoms with Crippen LogP contribution in [0.4, 0.5) is 4.79 Å².